The van der Waals surface area contributed by atoms with Gasteiger partial charge in [0.05, 0.1) is 12.6 Å². The molecule has 1 atom stereocenters. The number of aliphatic hydroxyl groups excluding tert-OH is 1. The Morgan fingerprint density at radius 2 is 1.94 bits per heavy atom. The topological polar surface area (TPSA) is 49.3 Å². The summed E-state index contributed by atoms with van der Waals surface area (Å²) in [6, 6.07) is 8.36. The molecule has 0 saturated heterocycles. The van der Waals surface area contributed by atoms with Gasteiger partial charge in [-0.3, -0.25) is 4.79 Å². The van der Waals surface area contributed by atoms with Gasteiger partial charge in [-0.25, -0.2) is 4.39 Å². The number of rotatable bonds is 4. The number of carbonyl (C=O) groups is 1. The number of amides is 1. The SMILES string of the molecule is CC(C)=C(F)C(=O)NC(CO)c1ccccc1. The lowest BCUT2D eigenvalue weighted by molar-refractivity contribution is -0.120. The second-order valence-corrected chi connectivity index (χ2v) is 3.93. The summed E-state index contributed by atoms with van der Waals surface area (Å²) in [6.07, 6.45) is 0. The van der Waals surface area contributed by atoms with Crippen LogP contribution in [0.2, 0.25) is 0 Å². The minimum atomic E-state index is -0.806. The highest BCUT2D eigenvalue weighted by Gasteiger charge is 2.17. The van der Waals surface area contributed by atoms with Gasteiger partial charge < -0.3 is 10.4 Å². The van der Waals surface area contributed by atoms with E-state index >= 15 is 0 Å². The Kier molecular flexibility index (Phi) is 4.84. The molecule has 0 fully saturated rings. The molecule has 1 unspecified atom stereocenters. The molecule has 1 aromatic carbocycles. The standard InChI is InChI=1S/C13H16FNO2/c1-9(2)12(14)13(17)15-11(8-16)10-6-4-3-5-7-10/h3-7,11,16H,8H2,1-2H3,(H,15,17). The average molecular weight is 237 g/mol. The van der Waals surface area contributed by atoms with Gasteiger partial charge in [0.25, 0.3) is 5.91 Å². The Hall–Kier alpha value is -1.68. The third-order valence-corrected chi connectivity index (χ3v) is 2.33. The third kappa shape index (κ3) is 3.67. The second-order valence-electron chi connectivity index (χ2n) is 3.93. The van der Waals surface area contributed by atoms with Crippen LogP contribution in [0.3, 0.4) is 0 Å². The highest BCUT2D eigenvalue weighted by Crippen LogP contribution is 2.13. The van der Waals surface area contributed by atoms with Crippen LogP contribution in [0.5, 0.6) is 0 Å². The normalized spacial score (nSPS) is 11.8. The number of allylic oxidation sites excluding steroid dienone is 1. The van der Waals surface area contributed by atoms with E-state index in [-0.39, 0.29) is 6.61 Å². The van der Waals surface area contributed by atoms with Gasteiger partial charge in [0.15, 0.2) is 5.83 Å². The first-order valence-corrected chi connectivity index (χ1v) is 5.36. The molecule has 1 rings (SSSR count). The molecule has 0 aliphatic carbocycles. The zero-order chi connectivity index (χ0) is 12.8. The summed E-state index contributed by atoms with van der Waals surface area (Å²) in [4.78, 5) is 11.5. The maximum absolute atomic E-state index is 13.3. The van der Waals surface area contributed by atoms with Gasteiger partial charge in [0.2, 0.25) is 0 Å². The van der Waals surface area contributed by atoms with Gasteiger partial charge in [-0.15, -0.1) is 0 Å². The Morgan fingerprint density at radius 1 is 1.35 bits per heavy atom. The smallest absolute Gasteiger partial charge is 0.280 e. The Bertz CT molecular complexity index is 411. The number of hydrogen-bond donors (Lipinski definition) is 2. The van der Waals surface area contributed by atoms with E-state index in [1.54, 1.807) is 24.3 Å². The predicted molar refractivity (Wildman–Crippen MR) is 63.9 cm³/mol. The van der Waals surface area contributed by atoms with Crippen molar-refractivity contribution in [3.8, 4) is 0 Å². The number of halogens is 1. The molecule has 0 heterocycles. The van der Waals surface area contributed by atoms with E-state index in [9.17, 15) is 14.3 Å². The monoisotopic (exact) mass is 237 g/mol. The van der Waals surface area contributed by atoms with Gasteiger partial charge in [-0.2, -0.15) is 0 Å². The molecule has 4 heteroatoms. The first-order valence-electron chi connectivity index (χ1n) is 5.36. The Morgan fingerprint density at radius 3 is 2.41 bits per heavy atom. The van der Waals surface area contributed by atoms with Crippen molar-refractivity contribution in [2.75, 3.05) is 6.61 Å². The number of aliphatic hydroxyl groups is 1. The number of carbonyl (C=O) groups excluding carboxylic acids is 1. The molecule has 2 N–H and O–H groups in total. The fraction of sp³-hybridized carbons (Fsp3) is 0.308. The maximum Gasteiger partial charge on any atom is 0.280 e. The minimum absolute atomic E-state index is 0.272. The van der Waals surface area contributed by atoms with Gasteiger partial charge in [-0.05, 0) is 25.0 Å². The van der Waals surface area contributed by atoms with Crippen molar-refractivity contribution in [1.82, 2.24) is 5.32 Å². The summed E-state index contributed by atoms with van der Waals surface area (Å²) in [5, 5.41) is 11.6. The van der Waals surface area contributed by atoms with E-state index in [2.05, 4.69) is 5.32 Å². The van der Waals surface area contributed by atoms with Gasteiger partial charge >= 0.3 is 0 Å². The predicted octanol–water partition coefficient (Wildman–Crippen LogP) is 2.10. The molecule has 0 spiro atoms. The molecule has 3 nitrogen and oxygen atoms in total. The van der Waals surface area contributed by atoms with Crippen LogP contribution in [0.15, 0.2) is 41.7 Å². The summed E-state index contributed by atoms with van der Waals surface area (Å²) in [7, 11) is 0. The quantitative estimate of drug-likeness (QED) is 0.788. The Balaban J connectivity index is 2.79. The van der Waals surface area contributed by atoms with Gasteiger partial charge in [0, 0.05) is 0 Å². The minimum Gasteiger partial charge on any atom is -0.394 e. The van der Waals surface area contributed by atoms with Crippen molar-refractivity contribution in [2.45, 2.75) is 19.9 Å². The zero-order valence-electron chi connectivity index (χ0n) is 9.90. The maximum atomic E-state index is 13.3. The van der Waals surface area contributed by atoms with E-state index in [0.29, 0.717) is 5.57 Å². The van der Waals surface area contributed by atoms with Gasteiger partial charge in [0.1, 0.15) is 0 Å². The number of hydrogen-bond acceptors (Lipinski definition) is 2. The summed E-state index contributed by atoms with van der Waals surface area (Å²) in [5.74, 6) is -1.60. The van der Waals surface area contributed by atoms with Crippen molar-refractivity contribution < 1.29 is 14.3 Å². The van der Waals surface area contributed by atoms with Crippen LogP contribution < -0.4 is 5.32 Å². The summed E-state index contributed by atoms with van der Waals surface area (Å²) in [5.41, 5.74) is 1.05. The van der Waals surface area contributed by atoms with Crippen molar-refractivity contribution >= 4 is 5.91 Å². The number of nitrogens with one attached hydrogen (secondary N) is 1. The fourth-order valence-electron chi connectivity index (χ4n) is 1.37. The zero-order valence-corrected chi connectivity index (χ0v) is 9.90. The molecule has 0 aliphatic rings. The average Bonchev–Trinajstić information content (AvgIpc) is 2.35. The lowest BCUT2D eigenvalue weighted by atomic mass is 10.1. The van der Waals surface area contributed by atoms with Crippen LogP contribution in [0.25, 0.3) is 0 Å². The van der Waals surface area contributed by atoms with Crippen LogP contribution in [0.4, 0.5) is 4.39 Å². The fourth-order valence-corrected chi connectivity index (χ4v) is 1.37. The molecule has 92 valence electrons. The van der Waals surface area contributed by atoms with Crippen LogP contribution >= 0.6 is 0 Å². The van der Waals surface area contributed by atoms with Crippen molar-refractivity contribution in [2.24, 2.45) is 0 Å². The Labute approximate surface area is 100.0 Å². The molecule has 0 aliphatic heterocycles. The highest BCUT2D eigenvalue weighted by atomic mass is 19.1. The lowest BCUT2D eigenvalue weighted by Gasteiger charge is -2.16. The molecule has 0 saturated carbocycles. The van der Waals surface area contributed by atoms with Crippen LogP contribution in [-0.4, -0.2) is 17.6 Å². The summed E-state index contributed by atoms with van der Waals surface area (Å²) < 4.78 is 13.3. The summed E-state index contributed by atoms with van der Waals surface area (Å²) in [6.45, 7) is 2.77. The van der Waals surface area contributed by atoms with E-state index in [0.717, 1.165) is 5.56 Å². The molecule has 0 bridgehead atoms. The molecular formula is C13H16FNO2. The van der Waals surface area contributed by atoms with E-state index in [4.69, 9.17) is 0 Å². The summed E-state index contributed by atoms with van der Waals surface area (Å²) >= 11 is 0. The van der Waals surface area contributed by atoms with Crippen molar-refractivity contribution in [3.63, 3.8) is 0 Å². The van der Waals surface area contributed by atoms with Crippen LogP contribution in [0, 0.1) is 0 Å². The number of benzene rings is 1. The molecule has 1 amide bonds. The third-order valence-electron chi connectivity index (χ3n) is 2.33. The van der Waals surface area contributed by atoms with E-state index in [1.807, 2.05) is 6.07 Å². The molecule has 0 radical (unpaired) electrons. The lowest BCUT2D eigenvalue weighted by Crippen LogP contribution is -2.31. The first kappa shape index (κ1) is 13.4. The molecular weight excluding hydrogens is 221 g/mol. The largest absolute Gasteiger partial charge is 0.394 e. The van der Waals surface area contributed by atoms with Crippen LogP contribution in [-0.2, 0) is 4.79 Å². The van der Waals surface area contributed by atoms with Gasteiger partial charge in [-0.1, -0.05) is 30.3 Å². The highest BCUT2D eigenvalue weighted by molar-refractivity contribution is 5.92. The van der Waals surface area contributed by atoms with Crippen molar-refractivity contribution in [1.29, 1.82) is 0 Å². The molecule has 1 aromatic rings. The van der Waals surface area contributed by atoms with Crippen molar-refractivity contribution in [3.05, 3.63) is 47.3 Å². The second kappa shape index (κ2) is 6.15. The van der Waals surface area contributed by atoms with Crippen LogP contribution in [0.1, 0.15) is 25.5 Å². The van der Waals surface area contributed by atoms with E-state index < -0.39 is 17.8 Å². The first-order chi connectivity index (χ1) is 8.06. The molecule has 17 heavy (non-hydrogen) atoms. The molecule has 0 aromatic heterocycles. The van der Waals surface area contributed by atoms with E-state index in [1.165, 1.54) is 13.8 Å².